The third-order valence-corrected chi connectivity index (χ3v) is 7.57. The highest BCUT2D eigenvalue weighted by Crippen LogP contribution is 2.33. The fraction of sp³-hybridized carbons (Fsp3) is 0.481. The maximum Gasteiger partial charge on any atom is 0.225 e. The normalized spacial score (nSPS) is 17.6. The fourth-order valence-electron chi connectivity index (χ4n) is 4.75. The van der Waals surface area contributed by atoms with Crippen LogP contribution >= 0.6 is 31.9 Å². The molecule has 190 valence electrons. The average molecular weight is 607 g/mol. The summed E-state index contributed by atoms with van der Waals surface area (Å²) in [5, 5.41) is 8.30. The first-order chi connectivity index (χ1) is 16.4. The molecule has 1 saturated carbocycles. The Morgan fingerprint density at radius 3 is 2.51 bits per heavy atom. The molecule has 35 heavy (non-hydrogen) atoms. The van der Waals surface area contributed by atoms with E-state index in [-0.39, 0.29) is 7.43 Å². The zero-order valence-corrected chi connectivity index (χ0v) is 23.2. The van der Waals surface area contributed by atoms with E-state index in [4.69, 9.17) is 14.7 Å². The number of nitrogens with one attached hydrogen (secondary N) is 2. The first kappa shape index (κ1) is 27.7. The summed E-state index contributed by atoms with van der Waals surface area (Å²) in [6, 6.07) is 12.8. The summed E-state index contributed by atoms with van der Waals surface area (Å²) in [6.07, 6.45) is 5.98. The van der Waals surface area contributed by atoms with E-state index in [1.165, 1.54) is 19.3 Å². The summed E-state index contributed by atoms with van der Waals surface area (Å²) < 4.78 is 7.58. The highest BCUT2D eigenvalue weighted by molar-refractivity contribution is 9.11. The number of fused-ring (bicyclic) bond motifs is 1. The van der Waals surface area contributed by atoms with E-state index >= 15 is 0 Å². The van der Waals surface area contributed by atoms with Crippen molar-refractivity contribution in [3.05, 3.63) is 50.9 Å². The largest absolute Gasteiger partial charge is 0.495 e. The van der Waals surface area contributed by atoms with E-state index in [9.17, 15) is 0 Å². The number of hydrogen-bond acceptors (Lipinski definition) is 6. The Bertz CT molecular complexity index is 1120. The van der Waals surface area contributed by atoms with Gasteiger partial charge in [0.1, 0.15) is 11.6 Å². The van der Waals surface area contributed by atoms with Crippen LogP contribution in [0.25, 0.3) is 10.9 Å². The van der Waals surface area contributed by atoms with Gasteiger partial charge in [-0.2, -0.15) is 4.98 Å². The quantitative estimate of drug-likeness (QED) is 0.255. The Hall–Kier alpha value is -1.90. The second-order valence-electron chi connectivity index (χ2n) is 9.19. The van der Waals surface area contributed by atoms with Gasteiger partial charge >= 0.3 is 0 Å². The maximum absolute atomic E-state index is 5.56. The van der Waals surface area contributed by atoms with Crippen LogP contribution in [0.4, 0.5) is 11.8 Å². The summed E-state index contributed by atoms with van der Waals surface area (Å²) in [7, 11) is 5.78. The number of methoxy groups -OCH3 is 1. The molecule has 8 heteroatoms. The molecular formula is C27H37Br2N5O. The summed E-state index contributed by atoms with van der Waals surface area (Å²) in [4.78, 5) is 11.6. The van der Waals surface area contributed by atoms with Crippen LogP contribution in [0.15, 0.2) is 45.3 Å². The van der Waals surface area contributed by atoms with Gasteiger partial charge in [0.05, 0.1) is 17.1 Å². The van der Waals surface area contributed by atoms with Crippen LogP contribution in [-0.2, 0) is 6.54 Å². The number of rotatable bonds is 9. The topological polar surface area (TPSA) is 62.3 Å². The van der Waals surface area contributed by atoms with Gasteiger partial charge in [-0.25, -0.2) is 4.98 Å². The number of nitrogens with zero attached hydrogens (tertiary/aromatic N) is 3. The van der Waals surface area contributed by atoms with Crippen molar-refractivity contribution in [3.63, 3.8) is 0 Å². The molecule has 1 aromatic heterocycles. The van der Waals surface area contributed by atoms with Gasteiger partial charge in [-0.05, 0) is 84.8 Å². The van der Waals surface area contributed by atoms with Gasteiger partial charge in [0.2, 0.25) is 5.95 Å². The first-order valence-corrected chi connectivity index (χ1v) is 13.5. The van der Waals surface area contributed by atoms with Crippen LogP contribution < -0.4 is 20.3 Å². The molecule has 0 spiro atoms. The van der Waals surface area contributed by atoms with Crippen molar-refractivity contribution in [3.8, 4) is 5.75 Å². The molecule has 1 fully saturated rings. The predicted octanol–water partition coefficient (Wildman–Crippen LogP) is 7.02. The number of hydrogen-bond donors (Lipinski definition) is 2. The second kappa shape index (κ2) is 12.9. The lowest BCUT2D eigenvalue weighted by Crippen LogP contribution is -2.28. The molecule has 2 N–H and O–H groups in total. The van der Waals surface area contributed by atoms with E-state index in [0.29, 0.717) is 6.04 Å². The van der Waals surface area contributed by atoms with Gasteiger partial charge in [-0.15, -0.1) is 0 Å². The second-order valence-corrected chi connectivity index (χ2v) is 11.0. The van der Waals surface area contributed by atoms with E-state index in [1.54, 1.807) is 7.11 Å². The van der Waals surface area contributed by atoms with Crippen LogP contribution in [0.5, 0.6) is 5.75 Å². The molecule has 1 aliphatic carbocycles. The first-order valence-electron chi connectivity index (χ1n) is 11.9. The lowest BCUT2D eigenvalue weighted by Gasteiger charge is -2.29. The number of anilines is 2. The molecule has 4 rings (SSSR count). The summed E-state index contributed by atoms with van der Waals surface area (Å²) in [5.41, 5.74) is 2.14. The molecule has 1 aliphatic rings. The van der Waals surface area contributed by atoms with Gasteiger partial charge in [0, 0.05) is 42.1 Å². The van der Waals surface area contributed by atoms with Gasteiger partial charge in [-0.1, -0.05) is 35.5 Å². The molecule has 1 heterocycles. The molecular weight excluding hydrogens is 570 g/mol. The number of benzene rings is 2. The molecule has 3 aromatic rings. The molecule has 0 atom stereocenters. The van der Waals surface area contributed by atoms with Crippen molar-refractivity contribution in [2.75, 3.05) is 38.0 Å². The lowest BCUT2D eigenvalue weighted by molar-refractivity contribution is 0.316. The SMILES string of the molecule is C.COc1c(Br)cc(Br)cc1CNCCC1CCC(Nc2nc(N(C)C)c3ccccc3n2)CC1. The average Bonchev–Trinajstić information content (AvgIpc) is 2.82. The monoisotopic (exact) mass is 605 g/mol. The van der Waals surface area contributed by atoms with Crippen LogP contribution in [0.1, 0.15) is 45.1 Å². The number of aromatic nitrogens is 2. The van der Waals surface area contributed by atoms with Crippen LogP contribution in [-0.4, -0.2) is 43.8 Å². The highest BCUT2D eigenvalue weighted by atomic mass is 79.9. The number of ether oxygens (including phenoxy) is 1. The van der Waals surface area contributed by atoms with Gasteiger partial charge < -0.3 is 20.3 Å². The molecule has 0 unspecified atom stereocenters. The molecule has 0 bridgehead atoms. The summed E-state index contributed by atoms with van der Waals surface area (Å²) >= 11 is 7.15. The Kier molecular flexibility index (Phi) is 10.2. The van der Waals surface area contributed by atoms with E-state index in [1.807, 2.05) is 32.3 Å². The third-order valence-electron chi connectivity index (χ3n) is 6.52. The lowest BCUT2D eigenvalue weighted by atomic mass is 9.84. The molecule has 0 radical (unpaired) electrons. The van der Waals surface area contributed by atoms with Crippen molar-refractivity contribution in [2.24, 2.45) is 5.92 Å². The van der Waals surface area contributed by atoms with Crippen molar-refractivity contribution in [1.82, 2.24) is 15.3 Å². The Morgan fingerprint density at radius 2 is 1.80 bits per heavy atom. The third kappa shape index (κ3) is 7.08. The standard InChI is InChI=1S/C26H33Br2N5O.CH4/c1-33(2)25-21-6-4-5-7-23(21)31-26(32-25)30-20-10-8-17(9-11-20)12-13-29-16-18-14-19(27)15-22(28)24(18)34-3;/h4-7,14-15,17,20,29H,8-13,16H2,1-3H3,(H,30,31,32);1H4. The van der Waals surface area contributed by atoms with E-state index < -0.39 is 0 Å². The Labute approximate surface area is 226 Å². The predicted molar refractivity (Wildman–Crippen MR) is 155 cm³/mol. The van der Waals surface area contributed by atoms with E-state index in [2.05, 4.69) is 65.6 Å². The van der Waals surface area contributed by atoms with Crippen LogP contribution in [0, 0.1) is 5.92 Å². The van der Waals surface area contributed by atoms with Gasteiger partial charge in [-0.3, -0.25) is 0 Å². The smallest absolute Gasteiger partial charge is 0.225 e. The number of halogens is 2. The Balaban J connectivity index is 0.00000342. The van der Waals surface area contributed by atoms with Crippen molar-refractivity contribution in [1.29, 1.82) is 0 Å². The minimum Gasteiger partial charge on any atom is -0.495 e. The van der Waals surface area contributed by atoms with Crippen molar-refractivity contribution in [2.45, 2.75) is 52.1 Å². The van der Waals surface area contributed by atoms with Crippen molar-refractivity contribution < 1.29 is 4.74 Å². The molecule has 0 saturated heterocycles. The molecule has 6 nitrogen and oxygen atoms in total. The van der Waals surface area contributed by atoms with E-state index in [0.717, 1.165) is 74.8 Å². The molecule has 0 aliphatic heterocycles. The Morgan fingerprint density at radius 1 is 1.06 bits per heavy atom. The van der Waals surface area contributed by atoms with Crippen LogP contribution in [0.2, 0.25) is 0 Å². The van der Waals surface area contributed by atoms with Crippen LogP contribution in [0.3, 0.4) is 0 Å². The summed E-state index contributed by atoms with van der Waals surface area (Å²) in [6.45, 7) is 1.81. The maximum atomic E-state index is 5.56. The molecule has 0 amide bonds. The minimum absolute atomic E-state index is 0. The highest BCUT2D eigenvalue weighted by Gasteiger charge is 2.22. The van der Waals surface area contributed by atoms with Crippen molar-refractivity contribution >= 4 is 54.5 Å². The molecule has 2 aromatic carbocycles. The number of para-hydroxylation sites is 1. The zero-order chi connectivity index (χ0) is 24.1. The van der Waals surface area contributed by atoms with Gasteiger partial charge in [0.15, 0.2) is 0 Å². The zero-order valence-electron chi connectivity index (χ0n) is 20.1. The van der Waals surface area contributed by atoms with Gasteiger partial charge in [0.25, 0.3) is 0 Å². The minimum atomic E-state index is 0. The fourth-order valence-corrected chi connectivity index (χ4v) is 6.22. The summed E-state index contributed by atoms with van der Waals surface area (Å²) in [5.74, 6) is 3.36.